The normalized spacial score (nSPS) is 12.0. The van der Waals surface area contributed by atoms with Crippen molar-refractivity contribution in [1.29, 1.82) is 0 Å². The highest BCUT2D eigenvalue weighted by molar-refractivity contribution is 5.60. The van der Waals surface area contributed by atoms with E-state index in [0.717, 1.165) is 23.4 Å². The van der Waals surface area contributed by atoms with E-state index in [4.69, 9.17) is 9.47 Å². The van der Waals surface area contributed by atoms with Crippen LogP contribution in [-0.2, 0) is 6.42 Å². The van der Waals surface area contributed by atoms with Crippen molar-refractivity contribution in [2.45, 2.75) is 6.42 Å². The van der Waals surface area contributed by atoms with Gasteiger partial charge in [0.15, 0.2) is 11.5 Å². The zero-order valence-corrected chi connectivity index (χ0v) is 13.9. The molecular weight excluding hydrogens is 335 g/mol. The van der Waals surface area contributed by atoms with E-state index in [0.29, 0.717) is 24.1 Å². The molecular formula is C19H17FN4O2. The van der Waals surface area contributed by atoms with Crippen molar-refractivity contribution in [2.24, 2.45) is 0 Å². The predicted octanol–water partition coefficient (Wildman–Crippen LogP) is 3.74. The highest BCUT2D eigenvalue weighted by Crippen LogP contribution is 2.34. The van der Waals surface area contributed by atoms with Crippen molar-refractivity contribution in [3.8, 4) is 11.5 Å². The molecule has 1 aliphatic heterocycles. The minimum atomic E-state index is -0.225. The zero-order chi connectivity index (χ0) is 17.8. The van der Waals surface area contributed by atoms with Crippen LogP contribution in [0.3, 0.4) is 0 Å². The Labute approximate surface area is 150 Å². The number of hydrogen-bond donors (Lipinski definition) is 2. The second-order valence-corrected chi connectivity index (χ2v) is 5.76. The molecule has 2 aromatic carbocycles. The smallest absolute Gasteiger partial charge is 0.231 e. The summed E-state index contributed by atoms with van der Waals surface area (Å²) in [5.74, 6) is 2.40. The Bertz CT molecular complexity index is 902. The molecule has 0 aliphatic carbocycles. The maximum Gasteiger partial charge on any atom is 0.231 e. The highest BCUT2D eigenvalue weighted by atomic mass is 19.1. The predicted molar refractivity (Wildman–Crippen MR) is 96.5 cm³/mol. The lowest BCUT2D eigenvalue weighted by Gasteiger charge is -2.09. The average molecular weight is 352 g/mol. The van der Waals surface area contributed by atoms with Crippen LogP contribution >= 0.6 is 0 Å². The fourth-order valence-electron chi connectivity index (χ4n) is 2.61. The molecule has 0 unspecified atom stereocenters. The van der Waals surface area contributed by atoms with Gasteiger partial charge >= 0.3 is 0 Å². The van der Waals surface area contributed by atoms with E-state index in [1.54, 1.807) is 24.4 Å². The van der Waals surface area contributed by atoms with Crippen molar-refractivity contribution in [3.05, 3.63) is 66.1 Å². The Balaban J connectivity index is 1.36. The summed E-state index contributed by atoms with van der Waals surface area (Å²) in [5, 5.41) is 6.39. The van der Waals surface area contributed by atoms with Gasteiger partial charge in [-0.3, -0.25) is 0 Å². The van der Waals surface area contributed by atoms with Crippen LogP contribution in [0.4, 0.5) is 21.8 Å². The number of nitrogens with zero attached hydrogens (tertiary/aromatic N) is 2. The largest absolute Gasteiger partial charge is 0.454 e. The molecule has 0 amide bonds. The van der Waals surface area contributed by atoms with Gasteiger partial charge in [-0.2, -0.15) is 4.98 Å². The topological polar surface area (TPSA) is 68.3 Å². The third kappa shape index (κ3) is 3.83. The van der Waals surface area contributed by atoms with Crippen molar-refractivity contribution in [1.82, 2.24) is 9.97 Å². The molecule has 0 spiro atoms. The van der Waals surface area contributed by atoms with Gasteiger partial charge in [0.05, 0.1) is 0 Å². The minimum Gasteiger partial charge on any atom is -0.454 e. The summed E-state index contributed by atoms with van der Waals surface area (Å²) in [7, 11) is 0. The minimum absolute atomic E-state index is 0.225. The number of rotatable bonds is 6. The van der Waals surface area contributed by atoms with Crippen LogP contribution in [0.15, 0.2) is 54.7 Å². The monoisotopic (exact) mass is 352 g/mol. The summed E-state index contributed by atoms with van der Waals surface area (Å²) in [6.45, 7) is 0.925. The van der Waals surface area contributed by atoms with E-state index in [1.165, 1.54) is 12.1 Å². The van der Waals surface area contributed by atoms with Crippen molar-refractivity contribution >= 4 is 17.5 Å². The fourth-order valence-corrected chi connectivity index (χ4v) is 2.61. The van der Waals surface area contributed by atoms with E-state index in [2.05, 4.69) is 20.6 Å². The molecule has 0 atom stereocenters. The lowest BCUT2D eigenvalue weighted by molar-refractivity contribution is 0.174. The Kier molecular flexibility index (Phi) is 4.51. The maximum atomic E-state index is 12.9. The Morgan fingerprint density at radius 2 is 1.85 bits per heavy atom. The van der Waals surface area contributed by atoms with Crippen molar-refractivity contribution < 1.29 is 13.9 Å². The summed E-state index contributed by atoms with van der Waals surface area (Å²) in [4.78, 5) is 8.67. The van der Waals surface area contributed by atoms with E-state index in [9.17, 15) is 4.39 Å². The maximum absolute atomic E-state index is 12.9. The third-order valence-electron chi connectivity index (χ3n) is 3.92. The quantitative estimate of drug-likeness (QED) is 0.704. The van der Waals surface area contributed by atoms with Crippen molar-refractivity contribution in [3.63, 3.8) is 0 Å². The van der Waals surface area contributed by atoms with E-state index < -0.39 is 0 Å². The molecule has 4 rings (SSSR count). The molecule has 132 valence electrons. The molecule has 0 radical (unpaired) electrons. The van der Waals surface area contributed by atoms with Crippen molar-refractivity contribution in [2.75, 3.05) is 24.0 Å². The van der Waals surface area contributed by atoms with Gasteiger partial charge in [-0.15, -0.1) is 0 Å². The third-order valence-corrected chi connectivity index (χ3v) is 3.92. The van der Waals surface area contributed by atoms with Crippen LogP contribution in [0.5, 0.6) is 11.5 Å². The molecule has 2 heterocycles. The summed E-state index contributed by atoms with van der Waals surface area (Å²) in [6.07, 6.45) is 2.46. The molecule has 0 saturated heterocycles. The van der Waals surface area contributed by atoms with Crippen LogP contribution in [0.2, 0.25) is 0 Å². The summed E-state index contributed by atoms with van der Waals surface area (Å²) in [5.41, 5.74) is 1.88. The summed E-state index contributed by atoms with van der Waals surface area (Å²) >= 11 is 0. The molecule has 26 heavy (non-hydrogen) atoms. The second-order valence-electron chi connectivity index (χ2n) is 5.76. The molecule has 3 aromatic rings. The van der Waals surface area contributed by atoms with Crippen LogP contribution in [-0.4, -0.2) is 23.3 Å². The highest BCUT2D eigenvalue weighted by Gasteiger charge is 2.13. The lowest BCUT2D eigenvalue weighted by Crippen LogP contribution is -2.07. The van der Waals surface area contributed by atoms with Crippen LogP contribution in [0.1, 0.15) is 5.56 Å². The van der Waals surface area contributed by atoms with Gasteiger partial charge in [-0.05, 0) is 42.3 Å². The molecule has 0 saturated carbocycles. The van der Waals surface area contributed by atoms with E-state index in [1.807, 2.05) is 18.2 Å². The fraction of sp³-hybridized carbons (Fsp3) is 0.158. The van der Waals surface area contributed by atoms with Gasteiger partial charge in [0, 0.05) is 24.5 Å². The number of aromatic nitrogens is 2. The standard InChI is InChI=1S/C19H17FN4O2/c20-14-3-1-13(2-4-14)7-9-21-18-8-10-22-19(24-18)23-15-5-6-16-17(11-15)26-12-25-16/h1-6,8,10-11H,7,9,12H2,(H2,21,22,23,24). The SMILES string of the molecule is Fc1ccc(CCNc2ccnc(Nc3ccc4c(c3)OCO4)n2)cc1. The molecule has 6 nitrogen and oxygen atoms in total. The first kappa shape index (κ1) is 16.1. The van der Waals surface area contributed by atoms with Gasteiger partial charge < -0.3 is 20.1 Å². The Hall–Kier alpha value is -3.35. The average Bonchev–Trinajstić information content (AvgIpc) is 3.12. The number of fused-ring (bicyclic) bond motifs is 1. The first-order valence-electron chi connectivity index (χ1n) is 8.24. The molecule has 0 fully saturated rings. The Morgan fingerprint density at radius 1 is 1.00 bits per heavy atom. The molecule has 0 bridgehead atoms. The van der Waals surface area contributed by atoms with Gasteiger partial charge in [0.1, 0.15) is 11.6 Å². The number of benzene rings is 2. The number of ether oxygens (including phenoxy) is 2. The number of anilines is 3. The van der Waals surface area contributed by atoms with Gasteiger partial charge in [0.25, 0.3) is 0 Å². The summed E-state index contributed by atoms with van der Waals surface area (Å²) < 4.78 is 23.6. The number of halogens is 1. The second kappa shape index (κ2) is 7.26. The van der Waals surface area contributed by atoms with Crippen LogP contribution < -0.4 is 20.1 Å². The zero-order valence-electron chi connectivity index (χ0n) is 13.9. The van der Waals surface area contributed by atoms with Crippen LogP contribution in [0.25, 0.3) is 0 Å². The molecule has 1 aliphatic rings. The Morgan fingerprint density at radius 3 is 2.73 bits per heavy atom. The van der Waals surface area contributed by atoms with Gasteiger partial charge in [-0.1, -0.05) is 12.1 Å². The van der Waals surface area contributed by atoms with Gasteiger partial charge in [0.2, 0.25) is 12.7 Å². The molecule has 7 heteroatoms. The van der Waals surface area contributed by atoms with E-state index >= 15 is 0 Å². The first-order chi connectivity index (χ1) is 12.8. The van der Waals surface area contributed by atoms with Crippen LogP contribution in [0, 0.1) is 5.82 Å². The van der Waals surface area contributed by atoms with E-state index in [-0.39, 0.29) is 12.6 Å². The first-order valence-corrected chi connectivity index (χ1v) is 8.24. The van der Waals surface area contributed by atoms with Gasteiger partial charge in [-0.25, -0.2) is 9.37 Å². The molecule has 2 N–H and O–H groups in total. The lowest BCUT2D eigenvalue weighted by atomic mass is 10.1. The number of nitrogens with one attached hydrogen (secondary N) is 2. The molecule has 1 aromatic heterocycles. The number of hydrogen-bond acceptors (Lipinski definition) is 6. The summed E-state index contributed by atoms with van der Waals surface area (Å²) in [6, 6.07) is 13.9.